The molecule has 16 heavy (non-hydrogen) atoms. The maximum Gasteiger partial charge on any atom is 0.326 e. The highest BCUT2D eigenvalue weighted by molar-refractivity contribution is 5.83. The van der Waals surface area contributed by atoms with Gasteiger partial charge in [-0.3, -0.25) is 4.79 Å². The van der Waals surface area contributed by atoms with Crippen molar-refractivity contribution >= 4 is 23.3 Å². The van der Waals surface area contributed by atoms with Gasteiger partial charge in [0.05, 0.1) is 6.42 Å². The second-order valence-electron chi connectivity index (χ2n) is 3.26. The van der Waals surface area contributed by atoms with Crippen LogP contribution in [0, 0.1) is 0 Å². The van der Waals surface area contributed by atoms with Gasteiger partial charge >= 0.3 is 11.9 Å². The number of nitrogens with two attached hydrogens (primary N) is 1. The Bertz CT molecular complexity index is 388. The molecule has 0 spiro atoms. The molecule has 0 saturated heterocycles. The lowest BCUT2D eigenvalue weighted by molar-refractivity contribution is -0.144. The summed E-state index contributed by atoms with van der Waals surface area (Å²) in [7, 11) is 0. The zero-order valence-electron chi connectivity index (χ0n) is 8.38. The topological polar surface area (TPSA) is 113 Å². The van der Waals surface area contributed by atoms with Crippen molar-refractivity contribution < 1.29 is 19.8 Å². The number of hydrogen-bond donors (Lipinski definition) is 4. The fourth-order valence-corrected chi connectivity index (χ4v) is 1.16. The van der Waals surface area contributed by atoms with Gasteiger partial charge < -0.3 is 21.3 Å². The van der Waals surface area contributed by atoms with E-state index in [-0.39, 0.29) is 0 Å². The Morgan fingerprint density at radius 3 is 2.25 bits per heavy atom. The standard InChI is InChI=1S/C10H12N2O4/c11-6-1-3-7(4-2-6)12-8(10(15)16)5-9(13)14/h1-4,8,12H,5,11H2,(H,13,14)(H,15,16)/t8-/m0/s1. The van der Waals surface area contributed by atoms with Crippen LogP contribution in [0.25, 0.3) is 0 Å². The van der Waals surface area contributed by atoms with Crippen molar-refractivity contribution in [2.45, 2.75) is 12.5 Å². The van der Waals surface area contributed by atoms with Crippen LogP contribution in [0.5, 0.6) is 0 Å². The van der Waals surface area contributed by atoms with E-state index in [1.807, 2.05) is 0 Å². The predicted molar refractivity (Wildman–Crippen MR) is 58.2 cm³/mol. The Balaban J connectivity index is 2.71. The van der Waals surface area contributed by atoms with Crippen LogP contribution in [0.4, 0.5) is 11.4 Å². The van der Waals surface area contributed by atoms with Gasteiger partial charge in [0.1, 0.15) is 6.04 Å². The Labute approximate surface area is 91.7 Å². The molecule has 6 nitrogen and oxygen atoms in total. The van der Waals surface area contributed by atoms with Gasteiger partial charge in [0.25, 0.3) is 0 Å². The fourth-order valence-electron chi connectivity index (χ4n) is 1.16. The summed E-state index contributed by atoms with van der Waals surface area (Å²) in [5.41, 5.74) is 6.53. The highest BCUT2D eigenvalue weighted by Crippen LogP contribution is 2.12. The van der Waals surface area contributed by atoms with Crippen molar-refractivity contribution in [3.63, 3.8) is 0 Å². The molecule has 0 aliphatic rings. The van der Waals surface area contributed by atoms with E-state index in [1.54, 1.807) is 24.3 Å². The molecule has 0 amide bonds. The maximum atomic E-state index is 10.8. The average Bonchev–Trinajstić information content (AvgIpc) is 2.19. The third-order valence-electron chi connectivity index (χ3n) is 1.93. The number of carboxylic acids is 2. The number of rotatable bonds is 5. The molecule has 0 fully saturated rings. The SMILES string of the molecule is Nc1ccc(N[C@@H](CC(=O)O)C(=O)O)cc1. The number of benzene rings is 1. The maximum absolute atomic E-state index is 10.8. The highest BCUT2D eigenvalue weighted by Gasteiger charge is 2.20. The molecule has 1 atom stereocenters. The lowest BCUT2D eigenvalue weighted by atomic mass is 10.2. The molecular weight excluding hydrogens is 212 g/mol. The first kappa shape index (κ1) is 11.8. The Morgan fingerprint density at radius 2 is 1.81 bits per heavy atom. The number of anilines is 2. The molecule has 1 aromatic carbocycles. The van der Waals surface area contributed by atoms with Gasteiger partial charge in [-0.05, 0) is 24.3 Å². The zero-order chi connectivity index (χ0) is 12.1. The molecule has 0 unspecified atom stereocenters. The summed E-state index contributed by atoms with van der Waals surface area (Å²) in [5, 5.41) is 19.9. The summed E-state index contributed by atoms with van der Waals surface area (Å²) < 4.78 is 0. The molecular formula is C10H12N2O4. The highest BCUT2D eigenvalue weighted by atomic mass is 16.4. The second kappa shape index (κ2) is 5.01. The molecule has 0 aliphatic heterocycles. The van der Waals surface area contributed by atoms with Crippen LogP contribution in [-0.2, 0) is 9.59 Å². The normalized spacial score (nSPS) is 11.8. The molecule has 0 aromatic heterocycles. The van der Waals surface area contributed by atoms with Crippen molar-refractivity contribution in [1.82, 2.24) is 0 Å². The van der Waals surface area contributed by atoms with Crippen LogP contribution in [0.15, 0.2) is 24.3 Å². The van der Waals surface area contributed by atoms with Gasteiger partial charge in [0, 0.05) is 11.4 Å². The summed E-state index contributed by atoms with van der Waals surface area (Å²) in [6, 6.07) is 5.23. The molecule has 0 aliphatic carbocycles. The van der Waals surface area contributed by atoms with Crippen LogP contribution in [0.3, 0.4) is 0 Å². The molecule has 0 radical (unpaired) electrons. The summed E-state index contributed by atoms with van der Waals surface area (Å²) in [6.45, 7) is 0. The van der Waals surface area contributed by atoms with Crippen molar-refractivity contribution in [2.24, 2.45) is 0 Å². The van der Waals surface area contributed by atoms with Crippen molar-refractivity contribution in [1.29, 1.82) is 0 Å². The lowest BCUT2D eigenvalue weighted by Gasteiger charge is -2.13. The summed E-state index contributed by atoms with van der Waals surface area (Å²) in [4.78, 5) is 21.2. The Hall–Kier alpha value is -2.24. The molecule has 0 saturated carbocycles. The third kappa shape index (κ3) is 3.49. The average molecular weight is 224 g/mol. The molecule has 0 heterocycles. The minimum Gasteiger partial charge on any atom is -0.481 e. The van der Waals surface area contributed by atoms with Gasteiger partial charge in [-0.1, -0.05) is 0 Å². The van der Waals surface area contributed by atoms with E-state index in [9.17, 15) is 9.59 Å². The van der Waals surface area contributed by atoms with Crippen molar-refractivity contribution in [3.05, 3.63) is 24.3 Å². The Kier molecular flexibility index (Phi) is 3.71. The number of carbonyl (C=O) groups is 2. The first-order chi connectivity index (χ1) is 7.49. The van der Waals surface area contributed by atoms with Gasteiger partial charge in [-0.2, -0.15) is 0 Å². The van der Waals surface area contributed by atoms with E-state index in [2.05, 4.69) is 5.32 Å². The summed E-state index contributed by atoms with van der Waals surface area (Å²) >= 11 is 0. The molecule has 86 valence electrons. The number of carboxylic acid groups (broad SMARTS) is 2. The second-order valence-corrected chi connectivity index (χ2v) is 3.26. The van der Waals surface area contributed by atoms with Gasteiger partial charge in [0.15, 0.2) is 0 Å². The lowest BCUT2D eigenvalue weighted by Crippen LogP contribution is -2.31. The number of aliphatic carboxylic acids is 2. The quantitative estimate of drug-likeness (QED) is 0.545. The molecule has 0 bridgehead atoms. The third-order valence-corrected chi connectivity index (χ3v) is 1.93. The first-order valence-corrected chi connectivity index (χ1v) is 4.55. The van der Waals surface area contributed by atoms with E-state index in [1.165, 1.54) is 0 Å². The van der Waals surface area contributed by atoms with E-state index < -0.39 is 24.4 Å². The zero-order valence-corrected chi connectivity index (χ0v) is 8.38. The van der Waals surface area contributed by atoms with Crippen LogP contribution < -0.4 is 11.1 Å². The molecule has 1 aromatic rings. The van der Waals surface area contributed by atoms with E-state index in [0.29, 0.717) is 11.4 Å². The summed E-state index contributed by atoms with van der Waals surface area (Å²) in [5.74, 6) is -2.38. The van der Waals surface area contributed by atoms with Gasteiger partial charge in [-0.15, -0.1) is 0 Å². The van der Waals surface area contributed by atoms with Crippen LogP contribution in [0.1, 0.15) is 6.42 Å². The molecule has 6 heteroatoms. The van der Waals surface area contributed by atoms with Crippen LogP contribution in [0.2, 0.25) is 0 Å². The minimum absolute atomic E-state index is 0.486. The number of nitrogens with one attached hydrogen (secondary N) is 1. The van der Waals surface area contributed by atoms with Crippen LogP contribution in [-0.4, -0.2) is 28.2 Å². The minimum atomic E-state index is -1.21. The number of hydrogen-bond acceptors (Lipinski definition) is 4. The van der Waals surface area contributed by atoms with Crippen molar-refractivity contribution in [2.75, 3.05) is 11.1 Å². The van der Waals surface area contributed by atoms with Crippen molar-refractivity contribution in [3.8, 4) is 0 Å². The predicted octanol–water partition coefficient (Wildman–Crippen LogP) is 0.609. The largest absolute Gasteiger partial charge is 0.481 e. The van der Waals surface area contributed by atoms with E-state index in [4.69, 9.17) is 15.9 Å². The monoisotopic (exact) mass is 224 g/mol. The summed E-state index contributed by atoms with van der Waals surface area (Å²) in [6.07, 6.45) is -0.486. The molecule has 5 N–H and O–H groups in total. The first-order valence-electron chi connectivity index (χ1n) is 4.55. The Morgan fingerprint density at radius 1 is 1.25 bits per heavy atom. The van der Waals surface area contributed by atoms with Gasteiger partial charge in [-0.25, -0.2) is 4.79 Å². The van der Waals surface area contributed by atoms with Gasteiger partial charge in [0.2, 0.25) is 0 Å². The van der Waals surface area contributed by atoms with E-state index in [0.717, 1.165) is 0 Å². The smallest absolute Gasteiger partial charge is 0.326 e. The fraction of sp³-hybridized carbons (Fsp3) is 0.200. The van der Waals surface area contributed by atoms with E-state index >= 15 is 0 Å². The van der Waals surface area contributed by atoms with Crippen LogP contribution >= 0.6 is 0 Å². The number of nitrogen functional groups attached to an aromatic ring is 1. The molecule has 1 rings (SSSR count).